The van der Waals surface area contributed by atoms with E-state index in [1.165, 1.54) is 12.3 Å². The zero-order chi connectivity index (χ0) is 16.6. The summed E-state index contributed by atoms with van der Waals surface area (Å²) >= 11 is 5.69. The second-order valence-corrected chi connectivity index (χ2v) is 5.73. The van der Waals surface area contributed by atoms with Gasteiger partial charge in [-0.1, -0.05) is 11.6 Å². The van der Waals surface area contributed by atoms with E-state index in [1.807, 2.05) is 0 Å². The molecule has 1 saturated carbocycles. The number of carbonyl (C=O) groups is 1. The molecule has 1 fully saturated rings. The lowest BCUT2D eigenvalue weighted by Gasteiger charge is -2.07. The number of pyridine rings is 1. The van der Waals surface area contributed by atoms with E-state index in [0.29, 0.717) is 10.7 Å². The summed E-state index contributed by atoms with van der Waals surface area (Å²) in [5, 5.41) is 6.45. The van der Waals surface area contributed by atoms with Crippen LogP contribution in [0.2, 0.25) is 5.02 Å². The minimum Gasteiger partial charge on any atom is -0.309 e. The zero-order valence-electron chi connectivity index (χ0n) is 11.8. The Bertz CT molecular complexity index is 723. The van der Waals surface area contributed by atoms with Crippen molar-refractivity contribution in [3.63, 3.8) is 0 Å². The van der Waals surface area contributed by atoms with E-state index in [1.54, 1.807) is 6.07 Å². The van der Waals surface area contributed by atoms with Gasteiger partial charge in [-0.25, -0.2) is 4.98 Å². The van der Waals surface area contributed by atoms with Crippen molar-refractivity contribution in [3.05, 3.63) is 40.8 Å². The van der Waals surface area contributed by atoms with Crippen molar-refractivity contribution in [2.24, 2.45) is 0 Å². The fraction of sp³-hybridized carbons (Fsp3) is 0.357. The van der Waals surface area contributed by atoms with Crippen molar-refractivity contribution in [2.75, 3.05) is 5.32 Å². The van der Waals surface area contributed by atoms with Gasteiger partial charge in [-0.2, -0.15) is 18.3 Å². The molecule has 0 atom stereocenters. The fourth-order valence-corrected chi connectivity index (χ4v) is 2.28. The second-order valence-electron chi connectivity index (χ2n) is 5.29. The summed E-state index contributed by atoms with van der Waals surface area (Å²) < 4.78 is 39.5. The average Bonchev–Trinajstić information content (AvgIpc) is 3.21. The molecule has 0 radical (unpaired) electrons. The normalized spacial score (nSPS) is 14.8. The van der Waals surface area contributed by atoms with Crippen LogP contribution in [0.1, 0.15) is 30.1 Å². The Morgan fingerprint density at radius 3 is 2.70 bits per heavy atom. The van der Waals surface area contributed by atoms with Crippen molar-refractivity contribution >= 4 is 23.3 Å². The van der Waals surface area contributed by atoms with Crippen LogP contribution in [-0.4, -0.2) is 20.7 Å². The molecule has 2 heterocycles. The maximum atomic E-state index is 12.8. The molecule has 0 aliphatic heterocycles. The van der Waals surface area contributed by atoms with Crippen LogP contribution in [-0.2, 0) is 17.5 Å². The van der Waals surface area contributed by atoms with Crippen LogP contribution in [0.25, 0.3) is 0 Å². The van der Waals surface area contributed by atoms with E-state index in [-0.39, 0.29) is 18.3 Å². The summed E-state index contributed by atoms with van der Waals surface area (Å²) in [5.74, 6) is -0.186. The van der Waals surface area contributed by atoms with Gasteiger partial charge < -0.3 is 5.32 Å². The Morgan fingerprint density at radius 2 is 2.13 bits per heavy atom. The van der Waals surface area contributed by atoms with E-state index in [0.717, 1.165) is 23.6 Å². The van der Waals surface area contributed by atoms with Crippen LogP contribution in [0.4, 0.5) is 19.0 Å². The van der Waals surface area contributed by atoms with E-state index in [9.17, 15) is 18.0 Å². The highest BCUT2D eigenvalue weighted by Gasteiger charge is 2.38. The minimum absolute atomic E-state index is 0.0417. The summed E-state index contributed by atoms with van der Waals surface area (Å²) in [6.45, 7) is -0.299. The molecule has 0 aromatic carbocycles. The number of aromatic nitrogens is 3. The lowest BCUT2D eigenvalue weighted by atomic mass is 10.2. The predicted molar refractivity (Wildman–Crippen MR) is 77.1 cm³/mol. The first-order chi connectivity index (χ1) is 10.8. The van der Waals surface area contributed by atoms with Crippen LogP contribution in [0.3, 0.4) is 0 Å². The first kappa shape index (κ1) is 15.8. The second kappa shape index (κ2) is 5.84. The van der Waals surface area contributed by atoms with Gasteiger partial charge in [0.25, 0.3) is 0 Å². The van der Waals surface area contributed by atoms with Crippen LogP contribution in [0.15, 0.2) is 24.4 Å². The molecule has 9 heteroatoms. The monoisotopic (exact) mass is 344 g/mol. The number of alkyl halides is 3. The minimum atomic E-state index is -4.52. The molecule has 0 saturated heterocycles. The number of nitrogens with one attached hydrogen (secondary N) is 1. The molecule has 1 amide bonds. The van der Waals surface area contributed by atoms with E-state index in [4.69, 9.17) is 11.6 Å². The third-order valence-electron chi connectivity index (χ3n) is 3.39. The van der Waals surface area contributed by atoms with Crippen LogP contribution < -0.4 is 5.32 Å². The fourth-order valence-electron chi connectivity index (χ4n) is 2.17. The van der Waals surface area contributed by atoms with Gasteiger partial charge in [-0.05, 0) is 31.0 Å². The zero-order valence-corrected chi connectivity index (χ0v) is 12.5. The summed E-state index contributed by atoms with van der Waals surface area (Å²) in [7, 11) is 0. The molecular formula is C14H12ClF3N4O. The highest BCUT2D eigenvalue weighted by atomic mass is 35.5. The van der Waals surface area contributed by atoms with Crippen LogP contribution in [0.5, 0.6) is 0 Å². The number of carbonyl (C=O) groups excluding carboxylic acids is 1. The number of nitrogens with zero attached hydrogens (tertiary/aromatic N) is 3. The van der Waals surface area contributed by atoms with Crippen molar-refractivity contribution in [2.45, 2.75) is 31.5 Å². The topological polar surface area (TPSA) is 59.8 Å². The first-order valence-corrected chi connectivity index (χ1v) is 7.27. The van der Waals surface area contributed by atoms with E-state index in [2.05, 4.69) is 15.4 Å². The lowest BCUT2D eigenvalue weighted by Crippen LogP contribution is -2.21. The molecule has 122 valence electrons. The third kappa shape index (κ3) is 3.82. The van der Waals surface area contributed by atoms with Gasteiger partial charge in [0, 0.05) is 17.8 Å². The highest BCUT2D eigenvalue weighted by molar-refractivity contribution is 6.30. The average molecular weight is 345 g/mol. The maximum absolute atomic E-state index is 12.8. The number of anilines is 1. The van der Waals surface area contributed by atoms with Crippen molar-refractivity contribution in [3.8, 4) is 0 Å². The quantitative estimate of drug-likeness (QED) is 0.924. The van der Waals surface area contributed by atoms with Gasteiger partial charge in [-0.3, -0.25) is 9.48 Å². The summed E-state index contributed by atoms with van der Waals surface area (Å²) in [6.07, 6.45) is -1.54. The lowest BCUT2D eigenvalue weighted by molar-refractivity contribution is -0.141. The standard InChI is InChI=1S/C14H12ClF3N4O/c15-9-3-4-12(19-6-9)20-13(23)7-22-10(8-1-2-8)5-11(21-22)14(16,17)18/h3-6,8H,1-2,7H2,(H,19,20,23). The van der Waals surface area contributed by atoms with Crippen LogP contribution >= 0.6 is 11.6 Å². The molecule has 23 heavy (non-hydrogen) atoms. The molecule has 1 N–H and O–H groups in total. The SMILES string of the molecule is O=C(Cn1nc(C(F)(F)F)cc1C1CC1)Nc1ccc(Cl)cn1. The summed E-state index contributed by atoms with van der Waals surface area (Å²) in [4.78, 5) is 15.9. The molecule has 3 rings (SSSR count). The Morgan fingerprint density at radius 1 is 1.39 bits per heavy atom. The number of hydrogen-bond donors (Lipinski definition) is 1. The molecule has 2 aromatic rings. The molecule has 0 unspecified atom stereocenters. The number of hydrogen-bond acceptors (Lipinski definition) is 3. The highest BCUT2D eigenvalue weighted by Crippen LogP contribution is 2.42. The first-order valence-electron chi connectivity index (χ1n) is 6.89. The Labute approximate surface area is 134 Å². The van der Waals surface area contributed by atoms with E-state index < -0.39 is 17.8 Å². The van der Waals surface area contributed by atoms with Crippen molar-refractivity contribution in [1.82, 2.24) is 14.8 Å². The van der Waals surface area contributed by atoms with Gasteiger partial charge in [0.15, 0.2) is 5.69 Å². The van der Waals surface area contributed by atoms with Gasteiger partial charge >= 0.3 is 6.18 Å². The molecule has 0 bridgehead atoms. The molecular weight excluding hydrogens is 333 g/mol. The largest absolute Gasteiger partial charge is 0.435 e. The smallest absolute Gasteiger partial charge is 0.309 e. The number of halogens is 4. The van der Waals surface area contributed by atoms with E-state index >= 15 is 0 Å². The Kier molecular flexibility index (Phi) is 4.01. The van der Waals surface area contributed by atoms with Gasteiger partial charge in [0.05, 0.1) is 5.02 Å². The van der Waals surface area contributed by atoms with Crippen molar-refractivity contribution in [1.29, 1.82) is 0 Å². The van der Waals surface area contributed by atoms with Gasteiger partial charge in [-0.15, -0.1) is 0 Å². The Hall–Kier alpha value is -2.09. The molecule has 1 aliphatic rings. The van der Waals surface area contributed by atoms with Crippen molar-refractivity contribution < 1.29 is 18.0 Å². The molecule has 2 aromatic heterocycles. The van der Waals surface area contributed by atoms with Gasteiger partial charge in [0.1, 0.15) is 12.4 Å². The third-order valence-corrected chi connectivity index (χ3v) is 3.61. The molecule has 1 aliphatic carbocycles. The molecule has 0 spiro atoms. The summed E-state index contributed by atoms with van der Waals surface area (Å²) in [5.41, 5.74) is -0.534. The van der Waals surface area contributed by atoms with Crippen LogP contribution in [0, 0.1) is 0 Å². The summed E-state index contributed by atoms with van der Waals surface area (Å²) in [6, 6.07) is 4.08. The Balaban J connectivity index is 1.75. The predicted octanol–water partition coefficient (Wildman–Crippen LogP) is 3.47. The number of amides is 1. The molecule has 5 nitrogen and oxygen atoms in total. The maximum Gasteiger partial charge on any atom is 0.435 e. The number of rotatable bonds is 4. The van der Waals surface area contributed by atoms with Gasteiger partial charge in [0.2, 0.25) is 5.91 Å².